The molecule has 3 aromatic rings. The summed E-state index contributed by atoms with van der Waals surface area (Å²) in [5.74, 6) is 13.2. The monoisotopic (exact) mass is 636 g/mol. The maximum atomic E-state index is 2.58. The van der Waals surface area contributed by atoms with Gasteiger partial charge in [-0.25, -0.2) is 0 Å². The molecule has 11 atom stereocenters. The molecule has 0 heterocycles. The Hall–Kier alpha value is -2.34. The highest BCUT2D eigenvalue weighted by atomic mass is 14.7. The molecule has 11 unspecified atom stereocenters. The first-order chi connectivity index (χ1) is 23.9. The van der Waals surface area contributed by atoms with E-state index in [2.05, 4.69) is 91.0 Å². The zero-order valence-corrected chi connectivity index (χ0v) is 29.4. The van der Waals surface area contributed by atoms with E-state index in [1.54, 1.807) is 16.7 Å². The molecular formula is C48H60. The van der Waals surface area contributed by atoms with Gasteiger partial charge in [0.2, 0.25) is 0 Å². The van der Waals surface area contributed by atoms with Gasteiger partial charge in [-0.1, -0.05) is 142 Å². The number of fused-ring (bicyclic) bond motifs is 6. The van der Waals surface area contributed by atoms with Gasteiger partial charge in [-0.15, -0.1) is 0 Å². The van der Waals surface area contributed by atoms with Crippen molar-refractivity contribution in [3.05, 3.63) is 108 Å². The third kappa shape index (κ3) is 4.88. The molecule has 0 nitrogen and oxygen atoms in total. The highest BCUT2D eigenvalue weighted by Gasteiger charge is 2.66. The molecule has 0 aliphatic heterocycles. The van der Waals surface area contributed by atoms with Crippen LogP contribution >= 0.6 is 0 Å². The summed E-state index contributed by atoms with van der Waals surface area (Å²) in [7, 11) is 0. The summed E-state index contributed by atoms with van der Waals surface area (Å²) in [6.45, 7) is 0. The maximum absolute atomic E-state index is 2.58. The van der Waals surface area contributed by atoms with Crippen molar-refractivity contribution in [2.75, 3.05) is 0 Å². The lowest BCUT2D eigenvalue weighted by molar-refractivity contribution is 0.0627. The summed E-state index contributed by atoms with van der Waals surface area (Å²) in [5, 5.41) is 0. The Balaban J connectivity index is 1.15. The van der Waals surface area contributed by atoms with Crippen LogP contribution in [0.3, 0.4) is 0 Å². The number of rotatable bonds is 6. The van der Waals surface area contributed by atoms with Gasteiger partial charge in [0.15, 0.2) is 0 Å². The molecule has 0 radical (unpaired) electrons. The van der Waals surface area contributed by atoms with Crippen LogP contribution in [0.4, 0.5) is 0 Å². The van der Waals surface area contributed by atoms with Crippen LogP contribution in [0.15, 0.2) is 91.0 Å². The zero-order chi connectivity index (χ0) is 31.6. The molecule has 7 aliphatic rings. The van der Waals surface area contributed by atoms with Gasteiger partial charge in [0.25, 0.3) is 0 Å². The van der Waals surface area contributed by atoms with Crippen LogP contribution in [0.5, 0.6) is 0 Å². The first kappa shape index (κ1) is 30.5. The van der Waals surface area contributed by atoms with Crippen LogP contribution in [0, 0.1) is 71.0 Å². The van der Waals surface area contributed by atoms with Gasteiger partial charge in [0, 0.05) is 0 Å². The van der Waals surface area contributed by atoms with Crippen LogP contribution < -0.4 is 0 Å². The summed E-state index contributed by atoms with van der Waals surface area (Å²) >= 11 is 0. The van der Waals surface area contributed by atoms with Crippen LogP contribution in [0.2, 0.25) is 0 Å². The van der Waals surface area contributed by atoms with E-state index in [-0.39, 0.29) is 0 Å². The molecule has 0 aromatic heterocycles. The van der Waals surface area contributed by atoms with E-state index in [9.17, 15) is 0 Å². The average molecular weight is 637 g/mol. The molecule has 0 saturated heterocycles. The summed E-state index contributed by atoms with van der Waals surface area (Å²) < 4.78 is 0. The predicted octanol–water partition coefficient (Wildman–Crippen LogP) is 12.7. The van der Waals surface area contributed by atoms with Crippen LogP contribution in [-0.4, -0.2) is 0 Å². The number of hydrogen-bond donors (Lipinski definition) is 0. The molecule has 3 aromatic carbocycles. The van der Waals surface area contributed by atoms with Gasteiger partial charge >= 0.3 is 0 Å². The second-order valence-electron chi connectivity index (χ2n) is 18.3. The summed E-state index contributed by atoms with van der Waals surface area (Å²) in [5.41, 5.74) is 5.06. The molecule has 7 saturated carbocycles. The predicted molar refractivity (Wildman–Crippen MR) is 199 cm³/mol. The minimum Gasteiger partial charge on any atom is -0.0622 e. The molecule has 0 bridgehead atoms. The average Bonchev–Trinajstić information content (AvgIpc) is 3.79. The Labute approximate surface area is 291 Å². The number of hydrogen-bond acceptors (Lipinski definition) is 0. The fourth-order valence-electron chi connectivity index (χ4n) is 15.8. The molecule has 7 aliphatic carbocycles. The molecule has 0 spiro atoms. The minimum atomic E-state index is 0.641. The molecule has 7 fully saturated rings. The van der Waals surface area contributed by atoms with E-state index in [1.165, 1.54) is 96.3 Å². The standard InChI is InChI=1S/C48H60/c1-4-16-31(17-5-1)41(30-42-37-26-12-10-24-35(37)36-25-11-13-27-38(36)42)48-44(33-18-6-2-7-19-33)46-39-28-14-22-32-23-15-29-40(43(32)39)47(46)45(48)34-20-8-3-9-21-34/h1-9,16-21,32,35-48H,10-15,22-30H2. The second kappa shape index (κ2) is 12.8. The van der Waals surface area contributed by atoms with Crippen molar-refractivity contribution in [3.63, 3.8) is 0 Å². The van der Waals surface area contributed by atoms with Crippen molar-refractivity contribution in [2.24, 2.45) is 71.0 Å². The Morgan fingerprint density at radius 1 is 0.417 bits per heavy atom. The van der Waals surface area contributed by atoms with Gasteiger partial charge in [-0.2, -0.15) is 0 Å². The molecule has 0 N–H and O–H groups in total. The third-order valence-electron chi connectivity index (χ3n) is 16.8. The van der Waals surface area contributed by atoms with Crippen molar-refractivity contribution in [2.45, 2.75) is 114 Å². The van der Waals surface area contributed by atoms with Gasteiger partial charge < -0.3 is 0 Å². The Bertz CT molecular complexity index is 1420. The van der Waals surface area contributed by atoms with Gasteiger partial charge in [0.1, 0.15) is 0 Å². The molecule has 48 heavy (non-hydrogen) atoms. The highest BCUT2D eigenvalue weighted by molar-refractivity contribution is 5.37. The SMILES string of the molecule is c1ccc(C(CC2C3CCCCC3C3CCCCC32)C2C(c3ccccc3)C3C4CCCC5CCCC(C54)C3C2c2ccccc2)cc1. The van der Waals surface area contributed by atoms with Crippen molar-refractivity contribution in [3.8, 4) is 0 Å². The molecule has 0 amide bonds. The van der Waals surface area contributed by atoms with E-state index < -0.39 is 0 Å². The third-order valence-corrected chi connectivity index (χ3v) is 16.8. The second-order valence-corrected chi connectivity index (χ2v) is 18.3. The molecule has 0 heteroatoms. The lowest BCUT2D eigenvalue weighted by Gasteiger charge is -2.46. The van der Waals surface area contributed by atoms with Crippen LogP contribution in [-0.2, 0) is 0 Å². The highest BCUT2D eigenvalue weighted by Crippen LogP contribution is 2.74. The number of benzene rings is 3. The van der Waals surface area contributed by atoms with Gasteiger partial charge in [0.05, 0.1) is 0 Å². The first-order valence-electron chi connectivity index (χ1n) is 21.0. The smallest absolute Gasteiger partial charge is 0.00878 e. The van der Waals surface area contributed by atoms with Crippen LogP contribution in [0.1, 0.15) is 131 Å². The topological polar surface area (TPSA) is 0 Å². The maximum Gasteiger partial charge on any atom is -0.00878 e. The molecule has 10 rings (SSSR count). The van der Waals surface area contributed by atoms with E-state index in [0.717, 1.165) is 65.1 Å². The van der Waals surface area contributed by atoms with Crippen molar-refractivity contribution < 1.29 is 0 Å². The lowest BCUT2D eigenvalue weighted by atomic mass is 9.58. The van der Waals surface area contributed by atoms with Crippen molar-refractivity contribution in [1.82, 2.24) is 0 Å². The van der Waals surface area contributed by atoms with E-state index in [1.807, 2.05) is 0 Å². The van der Waals surface area contributed by atoms with E-state index in [4.69, 9.17) is 0 Å². The Morgan fingerprint density at radius 3 is 1.35 bits per heavy atom. The van der Waals surface area contributed by atoms with Gasteiger partial charge in [-0.3, -0.25) is 0 Å². The van der Waals surface area contributed by atoms with Crippen LogP contribution in [0.25, 0.3) is 0 Å². The fourth-order valence-corrected chi connectivity index (χ4v) is 15.8. The summed E-state index contributed by atoms with van der Waals surface area (Å²) in [6, 6.07) is 36.6. The fraction of sp³-hybridized carbons (Fsp3) is 0.625. The Kier molecular flexibility index (Phi) is 8.11. The van der Waals surface area contributed by atoms with E-state index in [0.29, 0.717) is 23.7 Å². The quantitative estimate of drug-likeness (QED) is 0.252. The summed E-state index contributed by atoms with van der Waals surface area (Å²) in [6.07, 6.45) is 22.6. The largest absolute Gasteiger partial charge is 0.0622 e. The van der Waals surface area contributed by atoms with Gasteiger partial charge in [-0.05, 0) is 150 Å². The van der Waals surface area contributed by atoms with Crippen molar-refractivity contribution in [1.29, 1.82) is 0 Å². The van der Waals surface area contributed by atoms with E-state index >= 15 is 0 Å². The normalized spacial score (nSPS) is 43.5. The molecular weight excluding hydrogens is 577 g/mol. The van der Waals surface area contributed by atoms with Crippen molar-refractivity contribution >= 4 is 0 Å². The summed E-state index contributed by atoms with van der Waals surface area (Å²) in [4.78, 5) is 0. The lowest BCUT2D eigenvalue weighted by Crippen LogP contribution is -2.37. The molecule has 252 valence electrons. The first-order valence-corrected chi connectivity index (χ1v) is 21.0. The Morgan fingerprint density at radius 2 is 0.854 bits per heavy atom. The zero-order valence-electron chi connectivity index (χ0n) is 29.4. The minimum absolute atomic E-state index is 0.641.